The fourth-order valence-electron chi connectivity index (χ4n) is 6.55. The predicted molar refractivity (Wildman–Crippen MR) is 196 cm³/mol. The number of nitrogens with two attached hydrogens (primary N) is 2. The minimum absolute atomic E-state index is 0.0614. The standard InChI is InChI=1S/C31H45FN8O12P2S/c32-25-27-22(50-30(25)39-12-10-23(42)38-31(39)43)15-47-53(44,45)51-20-13-24(40-18-37-26-28(34)35-17-36-29(26)40)49-21(20)14-48-54(46,52-27)55-16-19(41)9-7-5-3-1-2-4-6-8-11-33/h10,12,17-18,20-22,24-25,27,30H,1-9,11,13-16,33H2,(H,44,45)(H2,34,35,36)(H,38,42,43)/t20-,21+,22+,24+,25+,27+,30+,54?/m0/s1. The molecule has 55 heavy (non-hydrogen) atoms. The number of unbranched alkanes of at least 4 members (excludes halogenated alkanes) is 7. The number of nitrogens with zero attached hydrogens (tertiary/aromatic N) is 5. The lowest BCUT2D eigenvalue weighted by atomic mass is 10.1. The normalized spacial score (nSPS) is 31.4. The first-order valence-corrected chi connectivity index (χ1v) is 22.6. The van der Waals surface area contributed by atoms with Crippen molar-refractivity contribution in [2.45, 2.75) is 107 Å². The van der Waals surface area contributed by atoms with Crippen LogP contribution in [-0.4, -0.2) is 95.8 Å². The number of aromatic nitrogens is 6. The van der Waals surface area contributed by atoms with Gasteiger partial charge in [0, 0.05) is 25.1 Å². The molecule has 0 amide bonds. The van der Waals surface area contributed by atoms with Crippen molar-refractivity contribution >= 4 is 48.8 Å². The van der Waals surface area contributed by atoms with E-state index in [2.05, 4.69) is 15.0 Å². The van der Waals surface area contributed by atoms with Crippen molar-refractivity contribution in [2.24, 2.45) is 5.73 Å². The van der Waals surface area contributed by atoms with Gasteiger partial charge in [-0.25, -0.2) is 33.3 Å². The van der Waals surface area contributed by atoms with Gasteiger partial charge in [-0.15, -0.1) is 0 Å². The van der Waals surface area contributed by atoms with E-state index in [0.29, 0.717) is 30.0 Å². The van der Waals surface area contributed by atoms with Gasteiger partial charge in [-0.05, 0) is 30.8 Å². The summed E-state index contributed by atoms with van der Waals surface area (Å²) in [6.45, 7) is -5.19. The average Bonchev–Trinajstić information content (AvgIpc) is 3.84. The summed E-state index contributed by atoms with van der Waals surface area (Å²) in [4.78, 5) is 62.3. The van der Waals surface area contributed by atoms with E-state index in [1.165, 1.54) is 17.2 Å². The zero-order valence-electron chi connectivity index (χ0n) is 29.8. The maximum Gasteiger partial charge on any atom is 0.472 e. The minimum Gasteiger partial charge on any atom is -0.382 e. The molecule has 0 spiro atoms. The lowest BCUT2D eigenvalue weighted by Crippen LogP contribution is -2.37. The Morgan fingerprint density at radius 3 is 2.44 bits per heavy atom. The van der Waals surface area contributed by atoms with Gasteiger partial charge in [0.25, 0.3) is 5.56 Å². The molecule has 6 rings (SSSR count). The number of H-pyrrole nitrogens is 1. The van der Waals surface area contributed by atoms with Crippen LogP contribution in [0.5, 0.6) is 0 Å². The number of hydrogen-bond acceptors (Lipinski definition) is 17. The second-order valence-electron chi connectivity index (χ2n) is 13.4. The molecule has 3 aliphatic heterocycles. The molecule has 2 unspecified atom stereocenters. The Morgan fingerprint density at radius 1 is 0.964 bits per heavy atom. The van der Waals surface area contributed by atoms with Gasteiger partial charge in [-0.3, -0.25) is 41.8 Å². The van der Waals surface area contributed by atoms with Crippen LogP contribution >= 0.6 is 26.0 Å². The number of phosphoric acid groups is 1. The number of imidazole rings is 1. The molecule has 0 bridgehead atoms. The number of aromatic amines is 1. The summed E-state index contributed by atoms with van der Waals surface area (Å²) < 4.78 is 80.6. The van der Waals surface area contributed by atoms with Gasteiger partial charge in [0.1, 0.15) is 48.3 Å². The van der Waals surface area contributed by atoms with Gasteiger partial charge < -0.3 is 25.8 Å². The number of halogens is 1. The molecule has 6 N–H and O–H groups in total. The van der Waals surface area contributed by atoms with E-state index in [0.717, 1.165) is 61.8 Å². The number of carbonyl (C=O) groups is 1. The van der Waals surface area contributed by atoms with Crippen LogP contribution in [0.2, 0.25) is 0 Å². The Hall–Kier alpha value is -2.88. The van der Waals surface area contributed by atoms with Crippen molar-refractivity contribution in [1.82, 2.24) is 29.1 Å². The molecule has 3 aliphatic rings. The summed E-state index contributed by atoms with van der Waals surface area (Å²) in [5.41, 5.74) is 10.3. The van der Waals surface area contributed by atoms with Crippen molar-refractivity contribution in [1.29, 1.82) is 0 Å². The maximum absolute atomic E-state index is 16.3. The van der Waals surface area contributed by atoms with Crippen LogP contribution in [0.4, 0.5) is 10.2 Å². The molecule has 9 atom stereocenters. The van der Waals surface area contributed by atoms with Gasteiger partial charge in [0.2, 0.25) is 0 Å². The van der Waals surface area contributed by atoms with E-state index in [9.17, 15) is 28.4 Å². The lowest BCUT2D eigenvalue weighted by molar-refractivity contribution is -0.116. The van der Waals surface area contributed by atoms with E-state index in [-0.39, 0.29) is 35.7 Å². The minimum atomic E-state index is -4.93. The van der Waals surface area contributed by atoms with Crippen molar-refractivity contribution in [3.05, 3.63) is 45.8 Å². The third kappa shape index (κ3) is 10.6. The van der Waals surface area contributed by atoms with Crippen molar-refractivity contribution in [3.8, 4) is 0 Å². The Balaban J connectivity index is 1.19. The molecule has 0 aliphatic carbocycles. The Labute approximate surface area is 318 Å². The highest BCUT2D eigenvalue weighted by atomic mass is 32.7. The molecule has 3 aromatic rings. The average molecular weight is 835 g/mol. The summed E-state index contributed by atoms with van der Waals surface area (Å²) in [6, 6.07) is 0.967. The van der Waals surface area contributed by atoms with E-state index < -0.39 is 82.1 Å². The SMILES string of the molecule is NCCCCCCCCCCC(=O)CSP1(=O)OC[C@H]2O[C@@H](n3cnc4c(N)ncnc43)C[C@@H]2OP(=O)(O)OC[C@H]2O[C@@H](n3ccc(=O)[nH]c3=O)[C@H](F)[C@@H]2O1. The van der Waals surface area contributed by atoms with E-state index in [4.69, 9.17) is 39.0 Å². The van der Waals surface area contributed by atoms with Crippen LogP contribution < -0.4 is 22.7 Å². The molecule has 6 heterocycles. The molecule has 0 saturated carbocycles. The molecule has 0 aromatic carbocycles. The molecule has 304 valence electrons. The Morgan fingerprint density at radius 2 is 1.69 bits per heavy atom. The highest BCUT2D eigenvalue weighted by molar-refractivity contribution is 8.55. The van der Waals surface area contributed by atoms with Crippen LogP contribution in [0.25, 0.3) is 11.2 Å². The van der Waals surface area contributed by atoms with Crippen molar-refractivity contribution < 1.29 is 50.8 Å². The third-order valence-electron chi connectivity index (χ3n) is 9.38. The van der Waals surface area contributed by atoms with E-state index >= 15 is 4.39 Å². The predicted octanol–water partition coefficient (Wildman–Crippen LogP) is 3.28. The van der Waals surface area contributed by atoms with Crippen molar-refractivity contribution in [3.63, 3.8) is 0 Å². The number of ether oxygens (including phenoxy) is 2. The number of nitrogens with one attached hydrogen (secondary N) is 1. The van der Waals surface area contributed by atoms with E-state index in [1.807, 2.05) is 4.98 Å². The lowest BCUT2D eigenvalue weighted by Gasteiger charge is -2.29. The number of carbonyl (C=O) groups excluding carboxylic acids is 1. The molecule has 0 radical (unpaired) electrons. The summed E-state index contributed by atoms with van der Waals surface area (Å²) in [7, 11) is -4.93. The first kappa shape index (κ1) is 41.7. The number of rotatable bonds is 15. The van der Waals surface area contributed by atoms with Crippen LogP contribution in [-0.2, 0) is 41.5 Å². The smallest absolute Gasteiger partial charge is 0.382 e. The molecular weight excluding hydrogens is 789 g/mol. The van der Waals surface area contributed by atoms with Gasteiger partial charge in [0.15, 0.2) is 23.9 Å². The topological polar surface area (TPSA) is 277 Å². The molecule has 24 heteroatoms. The number of phosphoric ester groups is 1. The van der Waals surface area contributed by atoms with Gasteiger partial charge in [-0.1, -0.05) is 38.5 Å². The van der Waals surface area contributed by atoms with Crippen molar-refractivity contribution in [2.75, 3.05) is 31.2 Å². The zero-order chi connectivity index (χ0) is 39.2. The third-order valence-corrected chi connectivity index (χ3v) is 14.0. The number of nitrogen functional groups attached to an aromatic ring is 1. The fourth-order valence-corrected chi connectivity index (χ4v) is 10.8. The number of anilines is 1. The first-order chi connectivity index (χ1) is 26.4. The highest BCUT2D eigenvalue weighted by Crippen LogP contribution is 2.64. The van der Waals surface area contributed by atoms with Crippen LogP contribution in [0.3, 0.4) is 0 Å². The van der Waals surface area contributed by atoms with Crippen LogP contribution in [0.15, 0.2) is 34.5 Å². The Bertz CT molecular complexity index is 2010. The highest BCUT2D eigenvalue weighted by Gasteiger charge is 2.53. The number of hydrogen-bond donors (Lipinski definition) is 4. The number of fused-ring (bicyclic) bond motifs is 3. The molecule has 3 aromatic heterocycles. The summed E-state index contributed by atoms with van der Waals surface area (Å²) in [5, 5.41) is 0. The summed E-state index contributed by atoms with van der Waals surface area (Å²) in [6.07, 6.45) is 1.01. The number of Topliss-reactive ketones (excluding diaryl/α,β-unsaturated/α-hetero) is 1. The summed E-state index contributed by atoms with van der Waals surface area (Å²) >= 11 is 0.553. The largest absolute Gasteiger partial charge is 0.472 e. The maximum atomic E-state index is 16.3. The molecule has 20 nitrogen and oxygen atoms in total. The number of alkyl halides is 1. The monoisotopic (exact) mass is 834 g/mol. The fraction of sp³-hybridized carbons (Fsp3) is 0.677. The second-order valence-corrected chi connectivity index (χ2v) is 18.8. The number of ketones is 1. The summed E-state index contributed by atoms with van der Waals surface area (Å²) in [5.74, 6) is -0.412. The second kappa shape index (κ2) is 18.6. The van der Waals surface area contributed by atoms with Gasteiger partial charge in [-0.2, -0.15) is 0 Å². The molecular formula is C31H45FN8O12P2S. The quantitative estimate of drug-likeness (QED) is 0.126. The zero-order valence-corrected chi connectivity index (χ0v) is 32.4. The van der Waals surface area contributed by atoms with E-state index in [1.54, 1.807) is 0 Å². The Kier molecular flexibility index (Phi) is 14.1. The van der Waals surface area contributed by atoms with Gasteiger partial charge in [0.05, 0.1) is 25.3 Å². The van der Waals surface area contributed by atoms with Crippen LogP contribution in [0.1, 0.15) is 76.7 Å². The van der Waals surface area contributed by atoms with Crippen LogP contribution in [0, 0.1) is 0 Å². The molecule has 3 fully saturated rings. The molecule has 3 saturated heterocycles. The van der Waals surface area contributed by atoms with Gasteiger partial charge >= 0.3 is 20.3 Å². The first-order valence-electron chi connectivity index (χ1n) is 18.0.